The van der Waals surface area contributed by atoms with Gasteiger partial charge in [0.15, 0.2) is 5.96 Å². The van der Waals surface area contributed by atoms with Crippen LogP contribution in [0.1, 0.15) is 37.8 Å². The number of rotatable bonds is 5. The molecule has 1 aromatic carbocycles. The van der Waals surface area contributed by atoms with E-state index in [9.17, 15) is 0 Å². The molecule has 26 heavy (non-hydrogen) atoms. The summed E-state index contributed by atoms with van der Waals surface area (Å²) in [4.78, 5) is 9.68. The molecule has 3 N–H and O–H groups in total. The smallest absolute Gasteiger partial charge is 0.193 e. The van der Waals surface area contributed by atoms with E-state index in [1.54, 1.807) is 0 Å². The number of benzene rings is 1. The lowest BCUT2D eigenvalue weighted by Crippen LogP contribution is -2.51. The molecule has 1 atom stereocenters. The second-order valence-corrected chi connectivity index (χ2v) is 8.15. The number of nitrogens with zero attached hydrogens (tertiary/aromatic N) is 3. The summed E-state index contributed by atoms with van der Waals surface area (Å²) in [7, 11) is 2.20. The summed E-state index contributed by atoms with van der Waals surface area (Å²) in [6.45, 7) is 9.84. The number of nitrogens with two attached hydrogens (primary N) is 1. The van der Waals surface area contributed by atoms with Gasteiger partial charge in [-0.3, -0.25) is 9.89 Å². The summed E-state index contributed by atoms with van der Waals surface area (Å²) in [6.07, 6.45) is 4.88. The average molecular weight is 358 g/mol. The SMILES string of the molecule is CC(C)C(CN=C(N)Nc1cccc2c1CCCC2)N1CCN(C)CC1. The van der Waals surface area contributed by atoms with Crippen molar-refractivity contribution in [3.05, 3.63) is 29.3 Å². The highest BCUT2D eigenvalue weighted by Crippen LogP contribution is 2.27. The van der Waals surface area contributed by atoms with Crippen LogP contribution < -0.4 is 11.1 Å². The Morgan fingerprint density at radius 1 is 1.15 bits per heavy atom. The Kier molecular flexibility index (Phi) is 6.54. The van der Waals surface area contributed by atoms with Crippen molar-refractivity contribution in [2.45, 2.75) is 45.6 Å². The van der Waals surface area contributed by atoms with Gasteiger partial charge in [-0.2, -0.15) is 0 Å². The van der Waals surface area contributed by atoms with E-state index in [0.29, 0.717) is 17.9 Å². The highest BCUT2D eigenvalue weighted by molar-refractivity contribution is 5.93. The second kappa shape index (κ2) is 8.87. The third-order valence-corrected chi connectivity index (χ3v) is 5.88. The van der Waals surface area contributed by atoms with Crippen molar-refractivity contribution in [2.75, 3.05) is 45.1 Å². The number of aryl methyl sites for hydroxylation is 1. The van der Waals surface area contributed by atoms with E-state index in [4.69, 9.17) is 10.7 Å². The van der Waals surface area contributed by atoms with Crippen molar-refractivity contribution in [1.29, 1.82) is 0 Å². The predicted octanol–water partition coefficient (Wildman–Crippen LogP) is 2.56. The van der Waals surface area contributed by atoms with E-state index >= 15 is 0 Å². The van der Waals surface area contributed by atoms with Crippen molar-refractivity contribution in [1.82, 2.24) is 9.80 Å². The van der Waals surface area contributed by atoms with Gasteiger partial charge in [-0.1, -0.05) is 26.0 Å². The summed E-state index contributed by atoms with van der Waals surface area (Å²) < 4.78 is 0. The zero-order chi connectivity index (χ0) is 18.5. The number of hydrogen-bond acceptors (Lipinski definition) is 3. The zero-order valence-corrected chi connectivity index (χ0v) is 16.7. The molecule has 144 valence electrons. The summed E-state index contributed by atoms with van der Waals surface area (Å²) in [5, 5.41) is 3.38. The lowest BCUT2D eigenvalue weighted by atomic mass is 9.90. The fraction of sp³-hybridized carbons (Fsp3) is 0.667. The predicted molar refractivity (Wildman–Crippen MR) is 111 cm³/mol. The Morgan fingerprint density at radius 3 is 2.62 bits per heavy atom. The Balaban J connectivity index is 1.63. The Labute approximate surface area is 158 Å². The first kappa shape index (κ1) is 19.2. The molecule has 5 heteroatoms. The zero-order valence-electron chi connectivity index (χ0n) is 16.7. The molecule has 1 aromatic rings. The molecular formula is C21H35N5. The first-order valence-corrected chi connectivity index (χ1v) is 10.1. The number of fused-ring (bicyclic) bond motifs is 1. The van der Waals surface area contributed by atoms with E-state index in [-0.39, 0.29) is 0 Å². The maximum Gasteiger partial charge on any atom is 0.193 e. The van der Waals surface area contributed by atoms with Gasteiger partial charge in [0.05, 0.1) is 6.54 Å². The van der Waals surface area contributed by atoms with E-state index in [1.807, 2.05) is 0 Å². The average Bonchev–Trinajstić information content (AvgIpc) is 2.63. The quantitative estimate of drug-likeness (QED) is 0.628. The lowest BCUT2D eigenvalue weighted by Gasteiger charge is -2.39. The maximum absolute atomic E-state index is 6.25. The molecule has 0 amide bonds. The van der Waals surface area contributed by atoms with Gasteiger partial charge in [-0.25, -0.2) is 0 Å². The van der Waals surface area contributed by atoms with Gasteiger partial charge >= 0.3 is 0 Å². The molecule has 1 unspecified atom stereocenters. The van der Waals surface area contributed by atoms with Crippen molar-refractivity contribution in [3.63, 3.8) is 0 Å². The van der Waals surface area contributed by atoms with Crippen LogP contribution in [0, 0.1) is 5.92 Å². The van der Waals surface area contributed by atoms with Crippen molar-refractivity contribution in [2.24, 2.45) is 16.6 Å². The van der Waals surface area contributed by atoms with Gasteiger partial charge in [-0.05, 0) is 55.8 Å². The van der Waals surface area contributed by atoms with Crippen LogP contribution in [-0.2, 0) is 12.8 Å². The molecule has 0 bridgehead atoms. The molecule has 1 aliphatic heterocycles. The van der Waals surface area contributed by atoms with Crippen LogP contribution in [-0.4, -0.2) is 61.6 Å². The Morgan fingerprint density at radius 2 is 1.88 bits per heavy atom. The third kappa shape index (κ3) is 4.77. The van der Waals surface area contributed by atoms with Crippen molar-refractivity contribution >= 4 is 11.6 Å². The molecule has 0 aromatic heterocycles. The number of likely N-dealkylation sites (N-methyl/N-ethyl adjacent to an activating group) is 1. The highest BCUT2D eigenvalue weighted by atomic mass is 15.3. The Hall–Kier alpha value is -1.59. The minimum atomic E-state index is 0.453. The van der Waals surface area contributed by atoms with Gasteiger partial charge in [0.2, 0.25) is 0 Å². The minimum Gasteiger partial charge on any atom is -0.370 e. The maximum atomic E-state index is 6.25. The van der Waals surface area contributed by atoms with Crippen LogP contribution in [0.4, 0.5) is 5.69 Å². The molecule has 3 rings (SSSR count). The molecule has 1 heterocycles. The van der Waals surface area contributed by atoms with Gasteiger partial charge in [0, 0.05) is 37.9 Å². The molecule has 1 saturated heterocycles. The summed E-state index contributed by atoms with van der Waals surface area (Å²) in [5.41, 5.74) is 10.3. The third-order valence-electron chi connectivity index (χ3n) is 5.88. The van der Waals surface area contributed by atoms with E-state index in [2.05, 4.69) is 54.2 Å². The van der Waals surface area contributed by atoms with Gasteiger partial charge in [0.25, 0.3) is 0 Å². The molecule has 1 aliphatic carbocycles. The minimum absolute atomic E-state index is 0.453. The number of aliphatic imine (C=N–C) groups is 1. The fourth-order valence-corrected chi connectivity index (χ4v) is 4.17. The number of piperazine rings is 1. The van der Waals surface area contributed by atoms with E-state index in [0.717, 1.165) is 44.8 Å². The van der Waals surface area contributed by atoms with Crippen LogP contribution in [0.2, 0.25) is 0 Å². The van der Waals surface area contributed by atoms with Crippen molar-refractivity contribution in [3.8, 4) is 0 Å². The van der Waals surface area contributed by atoms with Crippen LogP contribution in [0.25, 0.3) is 0 Å². The number of guanidine groups is 1. The topological polar surface area (TPSA) is 56.9 Å². The largest absolute Gasteiger partial charge is 0.370 e. The van der Waals surface area contributed by atoms with E-state index < -0.39 is 0 Å². The monoisotopic (exact) mass is 357 g/mol. The molecule has 5 nitrogen and oxygen atoms in total. The molecule has 1 fully saturated rings. The van der Waals surface area contributed by atoms with Crippen LogP contribution in [0.3, 0.4) is 0 Å². The van der Waals surface area contributed by atoms with Gasteiger partial charge in [-0.15, -0.1) is 0 Å². The molecule has 2 aliphatic rings. The van der Waals surface area contributed by atoms with Gasteiger partial charge < -0.3 is 16.0 Å². The number of nitrogens with one attached hydrogen (secondary N) is 1. The number of hydrogen-bond donors (Lipinski definition) is 2. The van der Waals surface area contributed by atoms with Gasteiger partial charge in [0.1, 0.15) is 0 Å². The highest BCUT2D eigenvalue weighted by Gasteiger charge is 2.24. The lowest BCUT2D eigenvalue weighted by molar-refractivity contribution is 0.0926. The molecule has 0 radical (unpaired) electrons. The van der Waals surface area contributed by atoms with Crippen LogP contribution in [0.15, 0.2) is 23.2 Å². The molecule has 0 spiro atoms. The van der Waals surface area contributed by atoms with Crippen molar-refractivity contribution < 1.29 is 0 Å². The standard InChI is InChI=1S/C21H35N5/c1-16(2)20(26-13-11-25(3)12-14-26)15-23-21(22)24-19-10-6-8-17-7-4-5-9-18(17)19/h6,8,10,16,20H,4-5,7,9,11-15H2,1-3H3,(H3,22,23,24). The molecule has 0 saturated carbocycles. The van der Waals surface area contributed by atoms with Crippen LogP contribution in [0.5, 0.6) is 0 Å². The first-order valence-electron chi connectivity index (χ1n) is 10.1. The Bertz CT molecular complexity index is 617. The summed E-state index contributed by atoms with van der Waals surface area (Å²) in [6, 6.07) is 6.96. The number of anilines is 1. The van der Waals surface area contributed by atoms with Crippen LogP contribution >= 0.6 is 0 Å². The first-order chi connectivity index (χ1) is 12.5. The normalized spacial score (nSPS) is 20.8. The summed E-state index contributed by atoms with van der Waals surface area (Å²) >= 11 is 0. The van der Waals surface area contributed by atoms with E-state index in [1.165, 1.54) is 30.4 Å². The fourth-order valence-electron chi connectivity index (χ4n) is 4.17. The molecular weight excluding hydrogens is 322 g/mol. The summed E-state index contributed by atoms with van der Waals surface area (Å²) in [5.74, 6) is 1.11. The second-order valence-electron chi connectivity index (χ2n) is 8.15.